The Morgan fingerprint density at radius 1 is 1.37 bits per heavy atom. The zero-order valence-corrected chi connectivity index (χ0v) is 11.2. The van der Waals surface area contributed by atoms with E-state index in [1.54, 1.807) is 6.92 Å². The minimum Gasteiger partial charge on any atom is -0.464 e. The number of carbonyl (C=O) groups is 1. The molecule has 1 atom stereocenters. The van der Waals surface area contributed by atoms with Crippen LogP contribution in [-0.2, 0) is 20.9 Å². The molecule has 4 heteroatoms. The molecule has 0 aliphatic carbocycles. The van der Waals surface area contributed by atoms with Gasteiger partial charge in [-0.3, -0.25) is 0 Å². The maximum Gasteiger partial charge on any atom is 0.339 e. The van der Waals surface area contributed by atoms with E-state index in [9.17, 15) is 9.90 Å². The molecule has 0 saturated carbocycles. The Labute approximate surface area is 113 Å². The summed E-state index contributed by atoms with van der Waals surface area (Å²) >= 11 is 0. The molecule has 0 aromatic heterocycles. The van der Waals surface area contributed by atoms with E-state index in [-0.39, 0.29) is 6.61 Å². The minimum atomic E-state index is -1.26. The van der Waals surface area contributed by atoms with Crippen molar-refractivity contribution in [3.63, 3.8) is 0 Å². The highest BCUT2D eigenvalue weighted by molar-refractivity contribution is 5.77. The number of esters is 1. The smallest absolute Gasteiger partial charge is 0.339 e. The monoisotopic (exact) mass is 264 g/mol. The van der Waals surface area contributed by atoms with Crippen molar-refractivity contribution in [3.05, 3.63) is 48.0 Å². The Kier molecular flexibility index (Phi) is 6.85. The molecule has 0 spiro atoms. The van der Waals surface area contributed by atoms with Gasteiger partial charge in [0.2, 0.25) is 0 Å². The van der Waals surface area contributed by atoms with Gasteiger partial charge in [-0.05, 0) is 24.5 Å². The second kappa shape index (κ2) is 8.45. The van der Waals surface area contributed by atoms with Gasteiger partial charge in [0.05, 0.1) is 19.8 Å². The standard InChI is InChI=1S/C15H20O4/c1-3-19-15(17)14(16)12(2)9-10-18-11-13-7-5-4-6-8-13/h4-8,14,16H,2-3,9-11H2,1H3. The van der Waals surface area contributed by atoms with Crippen molar-refractivity contribution in [3.8, 4) is 0 Å². The molecular weight excluding hydrogens is 244 g/mol. The van der Waals surface area contributed by atoms with Crippen LogP contribution in [0.25, 0.3) is 0 Å². The Balaban J connectivity index is 2.22. The maximum atomic E-state index is 11.3. The zero-order chi connectivity index (χ0) is 14.1. The molecule has 19 heavy (non-hydrogen) atoms. The normalized spacial score (nSPS) is 11.9. The molecular formula is C15H20O4. The van der Waals surface area contributed by atoms with Crippen LogP contribution in [0.4, 0.5) is 0 Å². The second-order valence-corrected chi connectivity index (χ2v) is 4.10. The van der Waals surface area contributed by atoms with Crippen molar-refractivity contribution in [2.45, 2.75) is 26.1 Å². The van der Waals surface area contributed by atoms with E-state index in [0.29, 0.717) is 25.2 Å². The summed E-state index contributed by atoms with van der Waals surface area (Å²) in [5.74, 6) is -0.657. The number of ether oxygens (including phenoxy) is 2. The van der Waals surface area contributed by atoms with Crippen LogP contribution < -0.4 is 0 Å². The Hall–Kier alpha value is -1.65. The van der Waals surface area contributed by atoms with Crippen molar-refractivity contribution in [1.82, 2.24) is 0 Å². The highest BCUT2D eigenvalue weighted by Gasteiger charge is 2.19. The molecule has 1 N–H and O–H groups in total. The fourth-order valence-electron chi connectivity index (χ4n) is 1.49. The first-order valence-corrected chi connectivity index (χ1v) is 6.29. The first-order chi connectivity index (χ1) is 9.15. The average molecular weight is 264 g/mol. The number of aliphatic hydroxyl groups excluding tert-OH is 1. The molecule has 0 bridgehead atoms. The average Bonchev–Trinajstić information content (AvgIpc) is 2.44. The van der Waals surface area contributed by atoms with Crippen molar-refractivity contribution in [2.24, 2.45) is 0 Å². The second-order valence-electron chi connectivity index (χ2n) is 4.10. The lowest BCUT2D eigenvalue weighted by Gasteiger charge is -2.12. The molecule has 4 nitrogen and oxygen atoms in total. The van der Waals surface area contributed by atoms with E-state index in [1.807, 2.05) is 30.3 Å². The van der Waals surface area contributed by atoms with Gasteiger partial charge in [0.1, 0.15) is 0 Å². The third-order valence-corrected chi connectivity index (χ3v) is 2.58. The largest absolute Gasteiger partial charge is 0.464 e. The van der Waals surface area contributed by atoms with Crippen LogP contribution in [0.5, 0.6) is 0 Å². The minimum absolute atomic E-state index is 0.244. The zero-order valence-electron chi connectivity index (χ0n) is 11.2. The molecule has 0 aliphatic rings. The van der Waals surface area contributed by atoms with Gasteiger partial charge in [0.25, 0.3) is 0 Å². The third-order valence-electron chi connectivity index (χ3n) is 2.58. The quantitative estimate of drug-likeness (QED) is 0.443. The van der Waals surface area contributed by atoms with Crippen molar-refractivity contribution in [1.29, 1.82) is 0 Å². The predicted octanol–water partition coefficient (Wildman–Crippen LogP) is 2.07. The SMILES string of the molecule is C=C(CCOCc1ccccc1)C(O)C(=O)OCC. The molecule has 1 aromatic carbocycles. The van der Waals surface area contributed by atoms with E-state index in [2.05, 4.69) is 6.58 Å². The molecule has 1 unspecified atom stereocenters. The van der Waals surface area contributed by atoms with E-state index in [0.717, 1.165) is 5.56 Å². The molecule has 0 fully saturated rings. The molecule has 104 valence electrons. The van der Waals surface area contributed by atoms with Gasteiger partial charge in [-0.1, -0.05) is 36.9 Å². The van der Waals surface area contributed by atoms with Crippen LogP contribution in [0.1, 0.15) is 18.9 Å². The van der Waals surface area contributed by atoms with E-state index in [4.69, 9.17) is 9.47 Å². The molecule has 0 radical (unpaired) electrons. The number of rotatable bonds is 8. The van der Waals surface area contributed by atoms with Crippen molar-refractivity contribution >= 4 is 5.97 Å². The molecule has 0 aliphatic heterocycles. The number of aliphatic hydroxyl groups is 1. The highest BCUT2D eigenvalue weighted by atomic mass is 16.5. The van der Waals surface area contributed by atoms with Gasteiger partial charge in [-0.15, -0.1) is 0 Å². The summed E-state index contributed by atoms with van der Waals surface area (Å²) in [5.41, 5.74) is 1.49. The Morgan fingerprint density at radius 3 is 2.68 bits per heavy atom. The fourth-order valence-corrected chi connectivity index (χ4v) is 1.49. The highest BCUT2D eigenvalue weighted by Crippen LogP contribution is 2.08. The molecule has 1 rings (SSSR count). The van der Waals surface area contributed by atoms with Gasteiger partial charge in [0.15, 0.2) is 6.10 Å². The number of carbonyl (C=O) groups excluding carboxylic acids is 1. The first-order valence-electron chi connectivity index (χ1n) is 6.29. The lowest BCUT2D eigenvalue weighted by atomic mass is 10.1. The lowest BCUT2D eigenvalue weighted by molar-refractivity contribution is -0.151. The topological polar surface area (TPSA) is 55.8 Å². The molecule has 0 heterocycles. The van der Waals surface area contributed by atoms with Gasteiger partial charge in [-0.25, -0.2) is 4.79 Å². The number of benzene rings is 1. The number of hydrogen-bond acceptors (Lipinski definition) is 4. The van der Waals surface area contributed by atoms with Crippen molar-refractivity contribution in [2.75, 3.05) is 13.2 Å². The molecule has 0 amide bonds. The van der Waals surface area contributed by atoms with Gasteiger partial charge in [-0.2, -0.15) is 0 Å². The summed E-state index contributed by atoms with van der Waals surface area (Å²) in [6.45, 7) is 6.52. The summed E-state index contributed by atoms with van der Waals surface area (Å²) in [6, 6.07) is 9.79. The maximum absolute atomic E-state index is 11.3. The summed E-state index contributed by atoms with van der Waals surface area (Å²) in [5, 5.41) is 9.60. The summed E-state index contributed by atoms with van der Waals surface area (Å²) in [7, 11) is 0. The summed E-state index contributed by atoms with van der Waals surface area (Å²) < 4.78 is 10.2. The third kappa shape index (κ3) is 5.68. The van der Waals surface area contributed by atoms with Gasteiger partial charge in [0, 0.05) is 0 Å². The Bertz CT molecular complexity index is 400. The van der Waals surface area contributed by atoms with Crippen LogP contribution in [0.2, 0.25) is 0 Å². The van der Waals surface area contributed by atoms with Crippen molar-refractivity contribution < 1.29 is 19.4 Å². The first kappa shape index (κ1) is 15.4. The lowest BCUT2D eigenvalue weighted by Crippen LogP contribution is -2.25. The summed E-state index contributed by atoms with van der Waals surface area (Å²) in [4.78, 5) is 11.3. The van der Waals surface area contributed by atoms with Crippen LogP contribution in [0.15, 0.2) is 42.5 Å². The van der Waals surface area contributed by atoms with Gasteiger partial charge < -0.3 is 14.6 Å². The Morgan fingerprint density at radius 2 is 2.05 bits per heavy atom. The van der Waals surface area contributed by atoms with Crippen LogP contribution >= 0.6 is 0 Å². The van der Waals surface area contributed by atoms with Crippen LogP contribution in [-0.4, -0.2) is 30.4 Å². The molecule has 1 aromatic rings. The predicted molar refractivity (Wildman–Crippen MR) is 72.5 cm³/mol. The van der Waals surface area contributed by atoms with E-state index in [1.165, 1.54) is 0 Å². The fraction of sp³-hybridized carbons (Fsp3) is 0.400. The van der Waals surface area contributed by atoms with Crippen LogP contribution in [0.3, 0.4) is 0 Å². The number of hydrogen-bond donors (Lipinski definition) is 1. The van der Waals surface area contributed by atoms with E-state index >= 15 is 0 Å². The summed E-state index contributed by atoms with van der Waals surface area (Å²) in [6.07, 6.45) is -0.840. The van der Waals surface area contributed by atoms with E-state index < -0.39 is 12.1 Å². The molecule has 0 saturated heterocycles. The van der Waals surface area contributed by atoms with Gasteiger partial charge >= 0.3 is 5.97 Å². The van der Waals surface area contributed by atoms with Crippen LogP contribution in [0, 0.1) is 0 Å².